The van der Waals surface area contributed by atoms with E-state index in [1.807, 2.05) is 25.7 Å². The van der Waals surface area contributed by atoms with Crippen LogP contribution >= 0.6 is 22.6 Å². The third kappa shape index (κ3) is 4.15. The van der Waals surface area contributed by atoms with E-state index in [9.17, 15) is 9.59 Å². The summed E-state index contributed by atoms with van der Waals surface area (Å²) in [6, 6.07) is 0.301. The quantitative estimate of drug-likeness (QED) is 0.588. The molecule has 0 aliphatic carbocycles. The highest BCUT2D eigenvalue weighted by molar-refractivity contribution is 14.1. The van der Waals surface area contributed by atoms with Gasteiger partial charge in [0.15, 0.2) is 0 Å². The van der Waals surface area contributed by atoms with Crippen LogP contribution in [-0.2, 0) is 22.5 Å². The van der Waals surface area contributed by atoms with Crippen molar-refractivity contribution in [3.63, 3.8) is 0 Å². The molecule has 1 aromatic rings. The Morgan fingerprint density at radius 2 is 1.81 bits per heavy atom. The maximum absolute atomic E-state index is 12.2. The number of likely N-dealkylation sites (tertiary alicyclic amines) is 1. The zero-order chi connectivity index (χ0) is 19.1. The lowest BCUT2D eigenvalue weighted by molar-refractivity contribution is -0.129. The molecule has 0 unspecified atom stereocenters. The number of carbonyl (C=O) groups is 2. The maximum Gasteiger partial charge on any atom is 0.410 e. The highest BCUT2D eigenvalue weighted by atomic mass is 127. The van der Waals surface area contributed by atoms with Gasteiger partial charge in [-0.1, -0.05) is 0 Å². The third-order valence-electron chi connectivity index (χ3n) is 4.94. The molecule has 0 atom stereocenters. The molecule has 0 spiro atoms. The number of hydrogen-bond donors (Lipinski definition) is 0. The summed E-state index contributed by atoms with van der Waals surface area (Å²) in [6.07, 6.45) is 2.36. The Balaban J connectivity index is 1.67. The van der Waals surface area contributed by atoms with Crippen molar-refractivity contribution >= 4 is 34.6 Å². The van der Waals surface area contributed by atoms with E-state index in [2.05, 4.69) is 27.3 Å². The third-order valence-corrected chi connectivity index (χ3v) is 5.81. The van der Waals surface area contributed by atoms with Gasteiger partial charge in [0.2, 0.25) is 5.91 Å². The molecule has 8 heteroatoms. The van der Waals surface area contributed by atoms with E-state index in [1.165, 1.54) is 11.3 Å². The van der Waals surface area contributed by atoms with E-state index in [4.69, 9.17) is 9.84 Å². The molecule has 2 aliphatic rings. The van der Waals surface area contributed by atoms with Gasteiger partial charge in [0, 0.05) is 44.2 Å². The first-order chi connectivity index (χ1) is 12.2. The van der Waals surface area contributed by atoms with E-state index in [0.29, 0.717) is 25.7 Å². The molecule has 3 heterocycles. The van der Waals surface area contributed by atoms with Crippen molar-refractivity contribution in [2.45, 2.75) is 65.1 Å². The lowest BCUT2D eigenvalue weighted by atomic mass is 10.0. The number of ether oxygens (including phenoxy) is 1. The van der Waals surface area contributed by atoms with Crippen LogP contribution < -0.4 is 0 Å². The first kappa shape index (κ1) is 19.4. The van der Waals surface area contributed by atoms with E-state index in [1.54, 1.807) is 11.8 Å². The molecule has 0 aromatic carbocycles. The summed E-state index contributed by atoms with van der Waals surface area (Å²) in [5.41, 5.74) is 1.97. The van der Waals surface area contributed by atoms with Gasteiger partial charge in [0.05, 0.1) is 12.6 Å². The van der Waals surface area contributed by atoms with Gasteiger partial charge in [0.25, 0.3) is 0 Å². The van der Waals surface area contributed by atoms with Crippen LogP contribution in [0.2, 0.25) is 0 Å². The Morgan fingerprint density at radius 1 is 1.15 bits per heavy atom. The van der Waals surface area contributed by atoms with E-state index < -0.39 is 5.60 Å². The molecule has 7 nitrogen and oxygen atoms in total. The fraction of sp³-hybridized carbons (Fsp3) is 0.722. The molecule has 1 aromatic heterocycles. The zero-order valence-corrected chi connectivity index (χ0v) is 18.1. The summed E-state index contributed by atoms with van der Waals surface area (Å²) in [5, 5.41) is 4.77. The Bertz CT molecular complexity index is 702. The molecular weight excluding hydrogens is 447 g/mol. The summed E-state index contributed by atoms with van der Waals surface area (Å²) < 4.78 is 8.61. The number of fused-ring (bicyclic) bond motifs is 1. The van der Waals surface area contributed by atoms with Gasteiger partial charge in [-0.2, -0.15) is 5.10 Å². The topological polar surface area (TPSA) is 67.7 Å². The second-order valence-corrected chi connectivity index (χ2v) is 9.07. The largest absolute Gasteiger partial charge is 0.444 e. The summed E-state index contributed by atoms with van der Waals surface area (Å²) in [6.45, 7) is 10.1. The standard InChI is InChI=1S/C18H27IN4O3/c1-12(24)22-10-7-15-14(11-22)16(19)20-23(15)13-5-8-21(9-6-13)17(25)26-18(2,3)4/h13H,5-11H2,1-4H3. The van der Waals surface area contributed by atoms with Crippen LogP contribution in [0.5, 0.6) is 0 Å². The minimum absolute atomic E-state index is 0.116. The normalized spacial score (nSPS) is 18.7. The lowest BCUT2D eigenvalue weighted by Crippen LogP contribution is -2.42. The van der Waals surface area contributed by atoms with Gasteiger partial charge in [-0.3, -0.25) is 9.48 Å². The predicted molar refractivity (Wildman–Crippen MR) is 106 cm³/mol. The zero-order valence-electron chi connectivity index (χ0n) is 15.9. The first-order valence-electron chi connectivity index (χ1n) is 9.15. The fourth-order valence-electron chi connectivity index (χ4n) is 3.60. The van der Waals surface area contributed by atoms with Crippen molar-refractivity contribution < 1.29 is 14.3 Å². The SMILES string of the molecule is CC(=O)N1CCc2c(c(I)nn2C2CCN(C(=O)OC(C)(C)C)CC2)C1. The van der Waals surface area contributed by atoms with Gasteiger partial charge in [0.1, 0.15) is 9.30 Å². The van der Waals surface area contributed by atoms with E-state index in [0.717, 1.165) is 29.5 Å². The number of aromatic nitrogens is 2. The van der Waals surface area contributed by atoms with Crippen molar-refractivity contribution in [1.29, 1.82) is 0 Å². The van der Waals surface area contributed by atoms with Crippen molar-refractivity contribution in [2.75, 3.05) is 19.6 Å². The van der Waals surface area contributed by atoms with Gasteiger partial charge in [-0.05, 0) is 56.2 Å². The average Bonchev–Trinajstić information content (AvgIpc) is 2.90. The van der Waals surface area contributed by atoms with Gasteiger partial charge in [-0.25, -0.2) is 4.79 Å². The molecule has 2 aliphatic heterocycles. The Labute approximate surface area is 168 Å². The minimum Gasteiger partial charge on any atom is -0.444 e. The Kier molecular flexibility index (Phi) is 5.50. The smallest absolute Gasteiger partial charge is 0.410 e. The summed E-state index contributed by atoms with van der Waals surface area (Å²) in [5.74, 6) is 0.116. The van der Waals surface area contributed by atoms with Crippen LogP contribution in [0.15, 0.2) is 0 Å². The first-order valence-corrected chi connectivity index (χ1v) is 10.2. The van der Waals surface area contributed by atoms with Crippen LogP contribution in [0.1, 0.15) is 57.8 Å². The Hall–Kier alpha value is -1.32. The number of halogens is 1. The maximum atomic E-state index is 12.2. The highest BCUT2D eigenvalue weighted by Gasteiger charge is 2.32. The predicted octanol–water partition coefficient (Wildman–Crippen LogP) is 2.96. The van der Waals surface area contributed by atoms with Crippen LogP contribution in [0.25, 0.3) is 0 Å². The lowest BCUT2D eigenvalue weighted by Gasteiger charge is -2.34. The van der Waals surface area contributed by atoms with Crippen LogP contribution in [-0.4, -0.2) is 56.8 Å². The highest BCUT2D eigenvalue weighted by Crippen LogP contribution is 2.30. The molecular formula is C18H27IN4O3. The number of rotatable bonds is 1. The monoisotopic (exact) mass is 474 g/mol. The number of hydrogen-bond acceptors (Lipinski definition) is 4. The van der Waals surface area contributed by atoms with Crippen molar-refractivity contribution in [3.05, 3.63) is 15.0 Å². The van der Waals surface area contributed by atoms with Crippen LogP contribution in [0, 0.1) is 3.70 Å². The summed E-state index contributed by atoms with van der Waals surface area (Å²) in [7, 11) is 0. The summed E-state index contributed by atoms with van der Waals surface area (Å²) in [4.78, 5) is 27.6. The molecule has 26 heavy (non-hydrogen) atoms. The number of amides is 2. The second kappa shape index (κ2) is 7.36. The van der Waals surface area contributed by atoms with Crippen molar-refractivity contribution in [3.8, 4) is 0 Å². The summed E-state index contributed by atoms with van der Waals surface area (Å²) >= 11 is 2.27. The molecule has 144 valence electrons. The van der Waals surface area contributed by atoms with Crippen LogP contribution in [0.3, 0.4) is 0 Å². The number of nitrogens with zero attached hydrogens (tertiary/aromatic N) is 4. The second-order valence-electron chi connectivity index (χ2n) is 8.05. The van der Waals surface area contributed by atoms with E-state index in [-0.39, 0.29) is 12.0 Å². The fourth-order valence-corrected chi connectivity index (χ4v) is 4.31. The van der Waals surface area contributed by atoms with Gasteiger partial charge >= 0.3 is 6.09 Å². The Morgan fingerprint density at radius 3 is 2.38 bits per heavy atom. The molecule has 1 fully saturated rings. The molecule has 0 radical (unpaired) electrons. The van der Waals surface area contributed by atoms with Crippen molar-refractivity contribution in [2.24, 2.45) is 0 Å². The molecule has 0 bridgehead atoms. The molecule has 0 saturated carbocycles. The van der Waals surface area contributed by atoms with Crippen LogP contribution in [0.4, 0.5) is 4.79 Å². The number of piperidine rings is 1. The van der Waals surface area contributed by atoms with Gasteiger partial charge in [-0.15, -0.1) is 0 Å². The number of carbonyl (C=O) groups excluding carboxylic acids is 2. The molecule has 3 rings (SSSR count). The van der Waals surface area contributed by atoms with E-state index >= 15 is 0 Å². The minimum atomic E-state index is -0.465. The molecule has 2 amide bonds. The molecule has 1 saturated heterocycles. The molecule has 0 N–H and O–H groups in total. The average molecular weight is 474 g/mol. The van der Waals surface area contributed by atoms with Crippen molar-refractivity contribution in [1.82, 2.24) is 19.6 Å². The van der Waals surface area contributed by atoms with Gasteiger partial charge < -0.3 is 14.5 Å².